The van der Waals surface area contributed by atoms with Gasteiger partial charge in [-0.2, -0.15) is 4.98 Å². The van der Waals surface area contributed by atoms with Crippen LogP contribution in [0.2, 0.25) is 0 Å². The molecule has 18 heavy (non-hydrogen) atoms. The van der Waals surface area contributed by atoms with Gasteiger partial charge in [0.05, 0.1) is 0 Å². The first kappa shape index (κ1) is 13.2. The van der Waals surface area contributed by atoms with Gasteiger partial charge in [-0.3, -0.25) is 4.98 Å². The predicted molar refractivity (Wildman–Crippen MR) is 71.8 cm³/mol. The Kier molecular flexibility index (Phi) is 4.43. The zero-order chi connectivity index (χ0) is 13.0. The third kappa shape index (κ3) is 3.36. The Labute approximate surface area is 114 Å². The van der Waals surface area contributed by atoms with Gasteiger partial charge < -0.3 is 10.3 Å². The van der Waals surface area contributed by atoms with Gasteiger partial charge in [0.25, 0.3) is 0 Å². The maximum absolute atomic E-state index is 5.57. The molecule has 5 nitrogen and oxygen atoms in total. The second kappa shape index (κ2) is 6.06. The van der Waals surface area contributed by atoms with Crippen molar-refractivity contribution in [2.45, 2.75) is 19.8 Å². The second-order valence-corrected chi connectivity index (χ2v) is 5.17. The fraction of sp³-hybridized carbons (Fsp3) is 0.417. The Morgan fingerprint density at radius 2 is 2.28 bits per heavy atom. The molecule has 0 aliphatic heterocycles. The highest BCUT2D eigenvalue weighted by Gasteiger charge is 2.10. The minimum absolute atomic E-state index is 0.464. The van der Waals surface area contributed by atoms with E-state index < -0.39 is 0 Å². The summed E-state index contributed by atoms with van der Waals surface area (Å²) in [6, 6.07) is 3.75. The molecule has 96 valence electrons. The summed E-state index contributed by atoms with van der Waals surface area (Å²) in [5, 5.41) is 3.92. The molecule has 1 unspecified atom stereocenters. The van der Waals surface area contributed by atoms with Crippen molar-refractivity contribution in [3.05, 3.63) is 28.7 Å². The van der Waals surface area contributed by atoms with Gasteiger partial charge in [-0.1, -0.05) is 12.1 Å². The minimum atomic E-state index is 0.464. The van der Waals surface area contributed by atoms with E-state index in [-0.39, 0.29) is 0 Å². The number of halogens is 1. The lowest BCUT2D eigenvalue weighted by molar-refractivity contribution is 0.366. The number of aryl methyl sites for hydroxylation is 1. The average molecular weight is 311 g/mol. The molecule has 0 aromatic carbocycles. The highest BCUT2D eigenvalue weighted by Crippen LogP contribution is 2.16. The van der Waals surface area contributed by atoms with E-state index in [0.29, 0.717) is 29.9 Å². The zero-order valence-electron chi connectivity index (χ0n) is 10.1. The van der Waals surface area contributed by atoms with Gasteiger partial charge in [-0.05, 0) is 46.9 Å². The second-order valence-electron chi connectivity index (χ2n) is 4.25. The molecule has 0 bridgehead atoms. The van der Waals surface area contributed by atoms with E-state index >= 15 is 0 Å². The fourth-order valence-corrected chi connectivity index (χ4v) is 1.69. The summed E-state index contributed by atoms with van der Waals surface area (Å²) in [7, 11) is 0. The standard InChI is InChI=1S/C12H15BrN4O/c1-8(6-14)2-5-11-16-12(17-18-11)10-4-3-9(13)7-15-10/h3-4,7-8H,2,5-6,14H2,1H3. The quantitative estimate of drug-likeness (QED) is 0.917. The summed E-state index contributed by atoms with van der Waals surface area (Å²) in [5.74, 6) is 1.62. The Morgan fingerprint density at radius 1 is 1.44 bits per heavy atom. The molecule has 2 aromatic rings. The van der Waals surface area contributed by atoms with Gasteiger partial charge in [-0.25, -0.2) is 0 Å². The van der Waals surface area contributed by atoms with Gasteiger partial charge in [0.1, 0.15) is 5.69 Å². The molecule has 6 heteroatoms. The monoisotopic (exact) mass is 310 g/mol. The smallest absolute Gasteiger partial charge is 0.227 e. The number of nitrogens with zero attached hydrogens (tertiary/aromatic N) is 3. The Bertz CT molecular complexity index is 497. The normalized spacial score (nSPS) is 12.6. The third-order valence-corrected chi connectivity index (χ3v) is 3.15. The van der Waals surface area contributed by atoms with Crippen molar-refractivity contribution < 1.29 is 4.52 Å². The number of aromatic nitrogens is 3. The summed E-state index contributed by atoms with van der Waals surface area (Å²) in [6.45, 7) is 2.78. The highest BCUT2D eigenvalue weighted by molar-refractivity contribution is 9.10. The molecule has 2 rings (SSSR count). The van der Waals surface area contributed by atoms with Crippen LogP contribution in [0, 0.1) is 5.92 Å². The van der Waals surface area contributed by atoms with Crippen LogP contribution in [-0.2, 0) is 6.42 Å². The van der Waals surface area contributed by atoms with E-state index in [9.17, 15) is 0 Å². The van der Waals surface area contributed by atoms with Crippen molar-refractivity contribution in [1.29, 1.82) is 0 Å². The molecule has 0 aliphatic carbocycles. The minimum Gasteiger partial charge on any atom is -0.339 e. The predicted octanol–water partition coefficient (Wildman–Crippen LogP) is 2.42. The van der Waals surface area contributed by atoms with Crippen LogP contribution in [0.15, 0.2) is 27.3 Å². The molecular formula is C12H15BrN4O. The Balaban J connectivity index is 2.03. The van der Waals surface area contributed by atoms with Crippen LogP contribution in [0.1, 0.15) is 19.2 Å². The average Bonchev–Trinajstić information content (AvgIpc) is 2.85. The van der Waals surface area contributed by atoms with E-state index in [1.54, 1.807) is 6.20 Å². The van der Waals surface area contributed by atoms with Gasteiger partial charge >= 0.3 is 0 Å². The molecule has 0 fully saturated rings. The molecule has 0 saturated carbocycles. The number of rotatable bonds is 5. The van der Waals surface area contributed by atoms with Crippen molar-refractivity contribution in [3.63, 3.8) is 0 Å². The molecule has 2 heterocycles. The number of pyridine rings is 1. The maximum atomic E-state index is 5.57. The topological polar surface area (TPSA) is 77.8 Å². The van der Waals surface area contributed by atoms with Crippen molar-refractivity contribution in [2.24, 2.45) is 11.7 Å². The molecule has 0 saturated heterocycles. The number of hydrogen-bond donors (Lipinski definition) is 1. The maximum Gasteiger partial charge on any atom is 0.227 e. The highest BCUT2D eigenvalue weighted by atomic mass is 79.9. The van der Waals surface area contributed by atoms with Gasteiger partial charge in [0.2, 0.25) is 11.7 Å². The van der Waals surface area contributed by atoms with Crippen molar-refractivity contribution in [3.8, 4) is 11.5 Å². The zero-order valence-corrected chi connectivity index (χ0v) is 11.7. The molecule has 2 aromatic heterocycles. The fourth-order valence-electron chi connectivity index (χ4n) is 1.46. The van der Waals surface area contributed by atoms with Crippen molar-refractivity contribution >= 4 is 15.9 Å². The van der Waals surface area contributed by atoms with E-state index in [1.165, 1.54) is 0 Å². The van der Waals surface area contributed by atoms with Crippen LogP contribution in [0.3, 0.4) is 0 Å². The Hall–Kier alpha value is -1.27. The molecular weight excluding hydrogens is 296 g/mol. The summed E-state index contributed by atoms with van der Waals surface area (Å²) in [5.41, 5.74) is 6.27. The largest absolute Gasteiger partial charge is 0.339 e. The molecule has 1 atom stereocenters. The van der Waals surface area contributed by atoms with Crippen LogP contribution in [0.5, 0.6) is 0 Å². The van der Waals surface area contributed by atoms with Crippen molar-refractivity contribution in [1.82, 2.24) is 15.1 Å². The van der Waals surface area contributed by atoms with Gasteiger partial charge in [0, 0.05) is 17.1 Å². The lowest BCUT2D eigenvalue weighted by atomic mass is 10.1. The summed E-state index contributed by atoms with van der Waals surface area (Å²) in [6.07, 6.45) is 3.41. The summed E-state index contributed by atoms with van der Waals surface area (Å²) in [4.78, 5) is 8.54. The third-order valence-electron chi connectivity index (χ3n) is 2.68. The molecule has 0 spiro atoms. The lowest BCUT2D eigenvalue weighted by Gasteiger charge is -2.03. The first-order chi connectivity index (χ1) is 8.69. The van der Waals surface area contributed by atoms with E-state index in [1.807, 2.05) is 12.1 Å². The first-order valence-corrected chi connectivity index (χ1v) is 6.63. The molecule has 0 radical (unpaired) electrons. The van der Waals surface area contributed by atoms with Crippen LogP contribution >= 0.6 is 15.9 Å². The Morgan fingerprint density at radius 3 is 2.94 bits per heavy atom. The summed E-state index contributed by atoms with van der Waals surface area (Å²) < 4.78 is 6.11. The van der Waals surface area contributed by atoms with Crippen LogP contribution in [-0.4, -0.2) is 21.7 Å². The van der Waals surface area contributed by atoms with Crippen molar-refractivity contribution in [2.75, 3.05) is 6.54 Å². The molecule has 0 aliphatic rings. The van der Waals surface area contributed by atoms with Crippen LogP contribution < -0.4 is 5.73 Å². The number of nitrogens with two attached hydrogens (primary N) is 1. The van der Waals surface area contributed by atoms with E-state index in [0.717, 1.165) is 17.3 Å². The molecule has 0 amide bonds. The van der Waals surface area contributed by atoms with E-state index in [4.69, 9.17) is 10.3 Å². The van der Waals surface area contributed by atoms with Gasteiger partial charge in [0.15, 0.2) is 0 Å². The van der Waals surface area contributed by atoms with E-state index in [2.05, 4.69) is 38.0 Å². The molecule has 2 N–H and O–H groups in total. The first-order valence-electron chi connectivity index (χ1n) is 5.83. The lowest BCUT2D eigenvalue weighted by Crippen LogP contribution is -2.11. The SMILES string of the molecule is CC(CN)CCc1nc(-c2ccc(Br)cn2)no1. The van der Waals surface area contributed by atoms with Crippen LogP contribution in [0.25, 0.3) is 11.5 Å². The van der Waals surface area contributed by atoms with Gasteiger partial charge in [-0.15, -0.1) is 0 Å². The summed E-state index contributed by atoms with van der Waals surface area (Å²) >= 11 is 3.33. The van der Waals surface area contributed by atoms with Crippen LogP contribution in [0.4, 0.5) is 0 Å². The number of hydrogen-bond acceptors (Lipinski definition) is 5.